The number of ether oxygens (including phenoxy) is 2. The number of imide groups is 1. The van der Waals surface area contributed by atoms with Gasteiger partial charge < -0.3 is 9.47 Å². The molecule has 0 atom stereocenters. The van der Waals surface area contributed by atoms with Gasteiger partial charge in [0.05, 0.1) is 23.1 Å². The summed E-state index contributed by atoms with van der Waals surface area (Å²) in [5, 5.41) is 2.31. The van der Waals surface area contributed by atoms with Crippen molar-refractivity contribution in [2.75, 3.05) is 6.61 Å². The minimum Gasteiger partial charge on any atom is -0.490 e. The number of benzene rings is 4. The molecule has 0 N–H and O–H groups in total. The van der Waals surface area contributed by atoms with Crippen molar-refractivity contribution in [2.24, 2.45) is 0 Å². The molecule has 5 nitrogen and oxygen atoms in total. The Labute approximate surface area is 224 Å². The van der Waals surface area contributed by atoms with Gasteiger partial charge in [0, 0.05) is 0 Å². The van der Waals surface area contributed by atoms with Crippen LogP contribution in [0.4, 0.5) is 4.79 Å². The molecular formula is C30H24ClNO4S. The monoisotopic (exact) mass is 529 g/mol. The highest BCUT2D eigenvalue weighted by Gasteiger charge is 2.35. The van der Waals surface area contributed by atoms with Crippen LogP contribution in [0.25, 0.3) is 16.8 Å². The Kier molecular flexibility index (Phi) is 7.49. The first-order valence-corrected chi connectivity index (χ1v) is 13.1. The third-order valence-electron chi connectivity index (χ3n) is 5.94. The summed E-state index contributed by atoms with van der Waals surface area (Å²) in [4.78, 5) is 27.1. The van der Waals surface area contributed by atoms with Crippen LogP contribution < -0.4 is 9.47 Å². The fourth-order valence-electron chi connectivity index (χ4n) is 4.20. The molecule has 37 heavy (non-hydrogen) atoms. The average molecular weight is 530 g/mol. The molecule has 1 aliphatic heterocycles. The van der Waals surface area contributed by atoms with Gasteiger partial charge in [0.1, 0.15) is 6.61 Å². The SMILES string of the molecule is CCOc1cc(/C=C2\SC(=O)N(Cc3ccccc3)C2=O)cc(Cl)c1OCc1cccc2ccccc12. The Morgan fingerprint density at radius 2 is 1.68 bits per heavy atom. The largest absolute Gasteiger partial charge is 0.490 e. The molecule has 0 spiro atoms. The molecule has 0 radical (unpaired) electrons. The molecule has 1 heterocycles. The zero-order valence-corrected chi connectivity index (χ0v) is 21.7. The minimum atomic E-state index is -0.329. The predicted octanol–water partition coefficient (Wildman–Crippen LogP) is 7.71. The van der Waals surface area contributed by atoms with Crippen molar-refractivity contribution in [3.63, 3.8) is 0 Å². The van der Waals surface area contributed by atoms with E-state index in [9.17, 15) is 9.59 Å². The van der Waals surface area contributed by atoms with E-state index < -0.39 is 0 Å². The molecule has 0 bridgehead atoms. The lowest BCUT2D eigenvalue weighted by Crippen LogP contribution is -2.27. The Bertz CT molecular complexity index is 1500. The van der Waals surface area contributed by atoms with Gasteiger partial charge in [-0.1, -0.05) is 84.4 Å². The second kappa shape index (κ2) is 11.1. The third-order valence-corrected chi connectivity index (χ3v) is 7.13. The van der Waals surface area contributed by atoms with Crippen LogP contribution in [0.15, 0.2) is 89.8 Å². The van der Waals surface area contributed by atoms with Crippen LogP contribution in [0.5, 0.6) is 11.5 Å². The van der Waals surface area contributed by atoms with E-state index in [-0.39, 0.29) is 17.7 Å². The summed E-state index contributed by atoms with van der Waals surface area (Å²) in [6, 6.07) is 27.1. The molecule has 5 rings (SSSR count). The van der Waals surface area contributed by atoms with Crippen molar-refractivity contribution in [1.82, 2.24) is 4.90 Å². The van der Waals surface area contributed by atoms with Crippen molar-refractivity contribution in [3.8, 4) is 11.5 Å². The van der Waals surface area contributed by atoms with E-state index in [2.05, 4.69) is 18.2 Å². The molecule has 1 saturated heterocycles. The van der Waals surface area contributed by atoms with E-state index in [1.165, 1.54) is 4.90 Å². The smallest absolute Gasteiger partial charge is 0.293 e. The van der Waals surface area contributed by atoms with Gasteiger partial charge in [-0.15, -0.1) is 0 Å². The van der Waals surface area contributed by atoms with E-state index in [4.69, 9.17) is 21.1 Å². The molecule has 4 aromatic carbocycles. The molecule has 1 fully saturated rings. The number of amides is 2. The predicted molar refractivity (Wildman–Crippen MR) is 149 cm³/mol. The number of nitrogens with zero attached hydrogens (tertiary/aromatic N) is 1. The van der Waals surface area contributed by atoms with E-state index in [1.54, 1.807) is 18.2 Å². The maximum Gasteiger partial charge on any atom is 0.293 e. The molecule has 0 unspecified atom stereocenters. The highest BCUT2D eigenvalue weighted by Crippen LogP contribution is 2.40. The summed E-state index contributed by atoms with van der Waals surface area (Å²) < 4.78 is 12.0. The van der Waals surface area contributed by atoms with Crippen LogP contribution >= 0.6 is 23.4 Å². The number of halogens is 1. The van der Waals surface area contributed by atoms with Crippen molar-refractivity contribution in [2.45, 2.75) is 20.1 Å². The summed E-state index contributed by atoms with van der Waals surface area (Å²) in [6.07, 6.45) is 1.67. The van der Waals surface area contributed by atoms with Crippen LogP contribution in [-0.2, 0) is 17.9 Å². The summed E-state index contributed by atoms with van der Waals surface area (Å²) >= 11 is 7.56. The van der Waals surface area contributed by atoms with Crippen molar-refractivity contribution < 1.29 is 19.1 Å². The lowest BCUT2D eigenvalue weighted by atomic mass is 10.1. The molecule has 2 amide bonds. The average Bonchev–Trinajstić information content (AvgIpc) is 3.16. The van der Waals surface area contributed by atoms with E-state index in [0.29, 0.717) is 40.2 Å². The van der Waals surface area contributed by atoms with Gasteiger partial charge in [0.15, 0.2) is 11.5 Å². The second-order valence-electron chi connectivity index (χ2n) is 8.44. The minimum absolute atomic E-state index is 0.231. The summed E-state index contributed by atoms with van der Waals surface area (Å²) in [5.41, 5.74) is 2.57. The Balaban J connectivity index is 1.38. The number of hydrogen-bond acceptors (Lipinski definition) is 5. The van der Waals surface area contributed by atoms with Gasteiger partial charge in [0.2, 0.25) is 0 Å². The van der Waals surface area contributed by atoms with Crippen molar-refractivity contribution >= 4 is 51.4 Å². The number of carbonyl (C=O) groups excluding carboxylic acids is 2. The maximum absolute atomic E-state index is 13.0. The Morgan fingerprint density at radius 3 is 2.49 bits per heavy atom. The molecule has 186 valence electrons. The Hall–Kier alpha value is -3.74. The van der Waals surface area contributed by atoms with Gasteiger partial charge in [0.25, 0.3) is 11.1 Å². The van der Waals surface area contributed by atoms with Crippen LogP contribution in [-0.4, -0.2) is 22.7 Å². The molecule has 0 aliphatic carbocycles. The molecular weight excluding hydrogens is 506 g/mol. The third kappa shape index (κ3) is 5.50. The number of thioether (sulfide) groups is 1. The zero-order chi connectivity index (χ0) is 25.8. The van der Waals surface area contributed by atoms with Gasteiger partial charge >= 0.3 is 0 Å². The zero-order valence-electron chi connectivity index (χ0n) is 20.1. The summed E-state index contributed by atoms with van der Waals surface area (Å²) in [5.74, 6) is 0.583. The fraction of sp³-hybridized carbons (Fsp3) is 0.133. The number of rotatable bonds is 8. The number of hydrogen-bond donors (Lipinski definition) is 0. The van der Waals surface area contributed by atoms with Crippen LogP contribution in [0.3, 0.4) is 0 Å². The lowest BCUT2D eigenvalue weighted by molar-refractivity contribution is -0.123. The number of carbonyl (C=O) groups is 2. The van der Waals surface area contributed by atoms with Gasteiger partial charge in [-0.2, -0.15) is 0 Å². The first kappa shape index (κ1) is 24.9. The first-order chi connectivity index (χ1) is 18.0. The highest BCUT2D eigenvalue weighted by atomic mass is 35.5. The standard InChI is InChI=1S/C30H24ClNO4S/c1-2-35-26-16-21(17-27-29(33)32(30(34)37-27)18-20-9-4-3-5-10-20)15-25(31)28(26)36-19-23-13-8-12-22-11-6-7-14-24(22)23/h3-17H,2,18-19H2,1H3/b27-17-. The normalized spacial score (nSPS) is 14.5. The van der Waals surface area contributed by atoms with E-state index >= 15 is 0 Å². The quantitative estimate of drug-likeness (QED) is 0.219. The van der Waals surface area contributed by atoms with Crippen LogP contribution in [0.2, 0.25) is 5.02 Å². The van der Waals surface area contributed by atoms with E-state index in [0.717, 1.165) is 33.7 Å². The van der Waals surface area contributed by atoms with Gasteiger partial charge in [-0.3, -0.25) is 14.5 Å². The highest BCUT2D eigenvalue weighted by molar-refractivity contribution is 8.18. The molecule has 4 aromatic rings. The molecule has 0 aromatic heterocycles. The van der Waals surface area contributed by atoms with Gasteiger partial charge in [-0.05, 0) is 64.4 Å². The van der Waals surface area contributed by atoms with Crippen molar-refractivity contribution in [3.05, 3.63) is 112 Å². The molecule has 1 aliphatic rings. The topological polar surface area (TPSA) is 55.8 Å². The first-order valence-electron chi connectivity index (χ1n) is 11.9. The molecule has 7 heteroatoms. The van der Waals surface area contributed by atoms with Crippen LogP contribution in [0, 0.1) is 0 Å². The summed E-state index contributed by atoms with van der Waals surface area (Å²) in [7, 11) is 0. The fourth-order valence-corrected chi connectivity index (χ4v) is 5.31. The van der Waals surface area contributed by atoms with Gasteiger partial charge in [-0.25, -0.2) is 0 Å². The number of fused-ring (bicyclic) bond motifs is 1. The Morgan fingerprint density at radius 1 is 0.919 bits per heavy atom. The summed E-state index contributed by atoms with van der Waals surface area (Å²) in [6.45, 7) is 2.84. The maximum atomic E-state index is 13.0. The van der Waals surface area contributed by atoms with Crippen molar-refractivity contribution in [1.29, 1.82) is 0 Å². The molecule has 0 saturated carbocycles. The van der Waals surface area contributed by atoms with E-state index in [1.807, 2.05) is 61.5 Å². The second-order valence-corrected chi connectivity index (χ2v) is 9.84. The van der Waals surface area contributed by atoms with Crippen LogP contribution in [0.1, 0.15) is 23.6 Å². The lowest BCUT2D eigenvalue weighted by Gasteiger charge is -2.15.